The van der Waals surface area contributed by atoms with E-state index in [4.69, 9.17) is 10.2 Å². The highest BCUT2D eigenvalue weighted by Crippen LogP contribution is 2.35. The lowest BCUT2D eigenvalue weighted by molar-refractivity contribution is -0.298. The van der Waals surface area contributed by atoms with E-state index in [0.29, 0.717) is 16.8 Å². The van der Waals surface area contributed by atoms with Crippen LogP contribution in [-0.2, 0) is 11.3 Å². The summed E-state index contributed by atoms with van der Waals surface area (Å²) in [6.07, 6.45) is -5.65. The molecule has 0 spiro atoms. The molecular formula is C11H9F5N2O2. The Kier molecular flexibility index (Phi) is 3.55. The van der Waals surface area contributed by atoms with Crippen LogP contribution in [-0.4, -0.2) is 23.7 Å². The minimum absolute atomic E-state index is 0.129. The number of hydrogen-bond donors (Lipinski definition) is 1. The third-order valence-electron chi connectivity index (χ3n) is 2.42. The number of ether oxygens (including phenoxy) is 1. The largest absolute Gasteiger partial charge is 0.455 e. The van der Waals surface area contributed by atoms with Crippen molar-refractivity contribution in [1.82, 2.24) is 4.98 Å². The molecule has 1 aromatic heterocycles. The Hall–Kier alpha value is -1.90. The Morgan fingerprint density at radius 3 is 2.50 bits per heavy atom. The van der Waals surface area contributed by atoms with Crippen molar-refractivity contribution < 1.29 is 31.1 Å². The van der Waals surface area contributed by atoms with Gasteiger partial charge in [0.05, 0.1) is 5.69 Å². The zero-order chi connectivity index (χ0) is 15.0. The molecule has 4 nitrogen and oxygen atoms in total. The SMILES string of the molecule is Nc1cccc2oc(COCC(F)(F)C(F)(F)F)nc12. The zero-order valence-electron chi connectivity index (χ0n) is 9.88. The van der Waals surface area contributed by atoms with E-state index in [1.165, 1.54) is 6.07 Å². The van der Waals surface area contributed by atoms with Crippen molar-refractivity contribution in [1.29, 1.82) is 0 Å². The van der Waals surface area contributed by atoms with Crippen LogP contribution in [0.1, 0.15) is 5.89 Å². The summed E-state index contributed by atoms with van der Waals surface area (Å²) in [4.78, 5) is 3.85. The molecule has 1 aromatic carbocycles. The second-order valence-electron chi connectivity index (χ2n) is 4.00. The molecule has 0 fully saturated rings. The van der Waals surface area contributed by atoms with Crippen molar-refractivity contribution >= 4 is 16.8 Å². The van der Waals surface area contributed by atoms with Crippen LogP contribution >= 0.6 is 0 Å². The maximum absolute atomic E-state index is 12.6. The van der Waals surface area contributed by atoms with Crippen LogP contribution in [0.15, 0.2) is 22.6 Å². The van der Waals surface area contributed by atoms with Gasteiger partial charge >= 0.3 is 12.1 Å². The summed E-state index contributed by atoms with van der Waals surface area (Å²) >= 11 is 0. The van der Waals surface area contributed by atoms with Crippen molar-refractivity contribution in [2.75, 3.05) is 12.3 Å². The van der Waals surface area contributed by atoms with Gasteiger partial charge in [0.1, 0.15) is 18.7 Å². The number of para-hydroxylation sites is 1. The highest BCUT2D eigenvalue weighted by atomic mass is 19.4. The molecule has 0 saturated carbocycles. The number of alkyl halides is 5. The van der Waals surface area contributed by atoms with Crippen LogP contribution in [0.25, 0.3) is 11.1 Å². The fourth-order valence-electron chi connectivity index (χ4n) is 1.43. The molecule has 0 radical (unpaired) electrons. The number of benzene rings is 1. The fraction of sp³-hybridized carbons (Fsp3) is 0.364. The maximum Gasteiger partial charge on any atom is 0.455 e. The first-order valence-corrected chi connectivity index (χ1v) is 5.37. The van der Waals surface area contributed by atoms with Gasteiger partial charge in [-0.15, -0.1) is 0 Å². The van der Waals surface area contributed by atoms with Gasteiger partial charge in [0.2, 0.25) is 5.89 Å². The van der Waals surface area contributed by atoms with Gasteiger partial charge in [0.25, 0.3) is 0 Å². The number of aromatic nitrogens is 1. The number of nitrogens with two attached hydrogens (primary N) is 1. The molecule has 0 aliphatic heterocycles. The molecule has 0 atom stereocenters. The molecule has 0 amide bonds. The standard InChI is InChI=1S/C11H9F5N2O2/c12-10(13,11(14,15)16)5-19-4-8-18-9-6(17)2-1-3-7(9)20-8/h1-3H,4-5,17H2. The number of fused-ring (bicyclic) bond motifs is 1. The third-order valence-corrected chi connectivity index (χ3v) is 2.42. The number of anilines is 1. The average Bonchev–Trinajstić information content (AvgIpc) is 2.71. The van der Waals surface area contributed by atoms with Crippen molar-refractivity contribution in [2.45, 2.75) is 18.7 Å². The Morgan fingerprint density at radius 1 is 1.20 bits per heavy atom. The van der Waals surface area contributed by atoms with E-state index in [-0.39, 0.29) is 5.89 Å². The lowest BCUT2D eigenvalue weighted by Crippen LogP contribution is -2.40. The van der Waals surface area contributed by atoms with Gasteiger partial charge in [-0.2, -0.15) is 22.0 Å². The molecule has 0 unspecified atom stereocenters. The normalized spacial score (nSPS) is 13.1. The summed E-state index contributed by atoms with van der Waals surface area (Å²) < 4.78 is 70.3. The predicted molar refractivity (Wildman–Crippen MR) is 59.1 cm³/mol. The van der Waals surface area contributed by atoms with Crippen molar-refractivity contribution in [2.24, 2.45) is 0 Å². The van der Waals surface area contributed by atoms with E-state index >= 15 is 0 Å². The lowest BCUT2D eigenvalue weighted by atomic mass is 10.3. The summed E-state index contributed by atoms with van der Waals surface area (Å²) in [7, 11) is 0. The highest BCUT2D eigenvalue weighted by Gasteiger charge is 2.57. The molecule has 2 N–H and O–H groups in total. The topological polar surface area (TPSA) is 61.3 Å². The Morgan fingerprint density at radius 2 is 1.90 bits per heavy atom. The highest BCUT2D eigenvalue weighted by molar-refractivity contribution is 5.85. The van der Waals surface area contributed by atoms with E-state index in [1.807, 2.05) is 0 Å². The van der Waals surface area contributed by atoms with Crippen molar-refractivity contribution in [3.63, 3.8) is 0 Å². The predicted octanol–water partition coefficient (Wildman–Crippen LogP) is 3.12. The van der Waals surface area contributed by atoms with Crippen LogP contribution < -0.4 is 5.73 Å². The number of rotatable bonds is 4. The molecule has 0 saturated heterocycles. The minimum atomic E-state index is -5.65. The van der Waals surface area contributed by atoms with Crippen molar-refractivity contribution in [3.05, 3.63) is 24.1 Å². The van der Waals surface area contributed by atoms with Gasteiger partial charge < -0.3 is 14.9 Å². The average molecular weight is 296 g/mol. The number of halogens is 5. The van der Waals surface area contributed by atoms with Crippen LogP contribution in [0.5, 0.6) is 0 Å². The second kappa shape index (κ2) is 4.89. The number of oxazole rings is 1. The first-order valence-electron chi connectivity index (χ1n) is 5.37. The van der Waals surface area contributed by atoms with Gasteiger partial charge in [-0.3, -0.25) is 0 Å². The van der Waals surface area contributed by atoms with Crippen molar-refractivity contribution in [3.8, 4) is 0 Å². The second-order valence-corrected chi connectivity index (χ2v) is 4.00. The van der Waals surface area contributed by atoms with Gasteiger partial charge in [0, 0.05) is 0 Å². The summed E-state index contributed by atoms with van der Waals surface area (Å²) in [5, 5.41) is 0. The molecule has 9 heteroatoms. The number of nitrogen functional groups attached to an aromatic ring is 1. The number of hydrogen-bond acceptors (Lipinski definition) is 4. The molecule has 110 valence electrons. The van der Waals surface area contributed by atoms with Gasteiger partial charge in [-0.05, 0) is 12.1 Å². The van der Waals surface area contributed by atoms with E-state index < -0.39 is 25.3 Å². The van der Waals surface area contributed by atoms with E-state index in [2.05, 4.69) is 9.72 Å². The zero-order valence-corrected chi connectivity index (χ0v) is 9.88. The quantitative estimate of drug-likeness (QED) is 0.695. The first-order chi connectivity index (χ1) is 9.21. The minimum Gasteiger partial charge on any atom is -0.438 e. The monoisotopic (exact) mass is 296 g/mol. The first kappa shape index (κ1) is 14.5. The third kappa shape index (κ3) is 2.82. The van der Waals surface area contributed by atoms with Crippen LogP contribution in [0, 0.1) is 0 Å². The molecule has 1 heterocycles. The molecule has 0 aliphatic rings. The van der Waals surface area contributed by atoms with E-state index in [1.54, 1.807) is 12.1 Å². The molecule has 0 aliphatic carbocycles. The van der Waals surface area contributed by atoms with Crippen LogP contribution in [0.3, 0.4) is 0 Å². The molecular weight excluding hydrogens is 287 g/mol. The lowest BCUT2D eigenvalue weighted by Gasteiger charge is -2.18. The maximum atomic E-state index is 12.6. The smallest absolute Gasteiger partial charge is 0.438 e. The number of nitrogens with zero attached hydrogens (tertiary/aromatic N) is 1. The summed E-state index contributed by atoms with van der Waals surface area (Å²) in [5.74, 6) is -5.05. The Bertz CT molecular complexity index is 608. The van der Waals surface area contributed by atoms with E-state index in [9.17, 15) is 22.0 Å². The van der Waals surface area contributed by atoms with E-state index in [0.717, 1.165) is 0 Å². The Labute approximate surface area is 109 Å². The molecule has 2 aromatic rings. The summed E-state index contributed by atoms with van der Waals surface area (Å²) in [5.41, 5.74) is 6.49. The molecule has 0 bridgehead atoms. The fourth-order valence-corrected chi connectivity index (χ4v) is 1.43. The van der Waals surface area contributed by atoms with Crippen LogP contribution in [0.4, 0.5) is 27.6 Å². The molecule has 2 rings (SSSR count). The van der Waals surface area contributed by atoms with Gasteiger partial charge in [-0.1, -0.05) is 6.07 Å². The van der Waals surface area contributed by atoms with Gasteiger partial charge in [-0.25, -0.2) is 4.98 Å². The van der Waals surface area contributed by atoms with Gasteiger partial charge in [0.15, 0.2) is 5.58 Å². The summed E-state index contributed by atoms with van der Waals surface area (Å²) in [6.45, 7) is -2.41. The summed E-state index contributed by atoms with van der Waals surface area (Å²) in [6, 6.07) is 4.67. The van der Waals surface area contributed by atoms with Crippen LogP contribution in [0.2, 0.25) is 0 Å². The molecule has 20 heavy (non-hydrogen) atoms. The Balaban J connectivity index is 2.02.